The van der Waals surface area contributed by atoms with Crippen LogP contribution in [0.1, 0.15) is 37.8 Å². The van der Waals surface area contributed by atoms with E-state index in [1.54, 1.807) is 19.1 Å². The molecule has 1 aliphatic heterocycles. The Morgan fingerprint density at radius 1 is 1.26 bits per heavy atom. The van der Waals surface area contributed by atoms with Gasteiger partial charge in [0.1, 0.15) is 29.2 Å². The summed E-state index contributed by atoms with van der Waals surface area (Å²) >= 11 is 0. The second-order valence-electron chi connectivity index (χ2n) is 6.91. The van der Waals surface area contributed by atoms with Crippen molar-refractivity contribution in [2.24, 2.45) is 5.92 Å². The van der Waals surface area contributed by atoms with Crippen molar-refractivity contribution in [3.8, 4) is 0 Å². The third-order valence-corrected chi connectivity index (χ3v) is 4.30. The standard InChI is InChI=1S/C20H19F2NO4/c1-10(2)8-15(24)17-18(16-7-4-11(3)27-16)23(20(26)19(17)25)14-9-12(21)5-6-13(14)22/h4-7,9-10,18,25H,8H2,1-3H3. The zero-order valence-electron chi connectivity index (χ0n) is 15.1. The van der Waals surface area contributed by atoms with E-state index in [1.165, 1.54) is 0 Å². The molecule has 0 saturated carbocycles. The lowest BCUT2D eigenvalue weighted by Crippen LogP contribution is -2.31. The number of aliphatic hydroxyl groups is 1. The van der Waals surface area contributed by atoms with Gasteiger partial charge >= 0.3 is 0 Å². The first kappa shape index (κ1) is 18.8. The summed E-state index contributed by atoms with van der Waals surface area (Å²) in [5.41, 5.74) is -0.551. The Balaban J connectivity index is 2.18. The molecule has 1 N–H and O–H groups in total. The third-order valence-electron chi connectivity index (χ3n) is 4.30. The minimum Gasteiger partial charge on any atom is -0.503 e. The maximum absolute atomic E-state index is 14.4. The van der Waals surface area contributed by atoms with E-state index >= 15 is 0 Å². The van der Waals surface area contributed by atoms with E-state index in [0.29, 0.717) is 5.76 Å². The highest BCUT2D eigenvalue weighted by Gasteiger charge is 2.46. The van der Waals surface area contributed by atoms with Gasteiger partial charge in [0.05, 0.1) is 11.3 Å². The van der Waals surface area contributed by atoms with Crippen LogP contribution in [0.4, 0.5) is 14.5 Å². The highest BCUT2D eigenvalue weighted by molar-refractivity contribution is 6.16. The number of carbonyl (C=O) groups is 2. The lowest BCUT2D eigenvalue weighted by Gasteiger charge is -2.25. The Morgan fingerprint density at radius 3 is 2.56 bits per heavy atom. The van der Waals surface area contributed by atoms with Crippen LogP contribution in [-0.4, -0.2) is 16.8 Å². The minimum absolute atomic E-state index is 0.0214. The molecule has 1 unspecified atom stereocenters. The second kappa shape index (κ2) is 6.98. The van der Waals surface area contributed by atoms with Gasteiger partial charge in [-0.15, -0.1) is 0 Å². The van der Waals surface area contributed by atoms with E-state index in [9.17, 15) is 23.5 Å². The number of hydrogen-bond donors (Lipinski definition) is 1. The number of aliphatic hydroxyl groups excluding tert-OH is 1. The van der Waals surface area contributed by atoms with E-state index < -0.39 is 35.1 Å². The molecule has 5 nitrogen and oxygen atoms in total. The molecule has 0 aliphatic carbocycles. The SMILES string of the molecule is Cc1ccc(C2C(C(=O)CC(C)C)=C(O)C(=O)N2c2cc(F)ccc2F)o1. The fourth-order valence-electron chi connectivity index (χ4n) is 3.16. The fraction of sp³-hybridized carbons (Fsp3) is 0.300. The molecule has 7 heteroatoms. The van der Waals surface area contributed by atoms with Gasteiger partial charge in [-0.25, -0.2) is 8.78 Å². The maximum Gasteiger partial charge on any atom is 0.294 e. The van der Waals surface area contributed by atoms with Crippen molar-refractivity contribution in [1.82, 2.24) is 0 Å². The average molecular weight is 375 g/mol. The van der Waals surface area contributed by atoms with E-state index in [2.05, 4.69) is 0 Å². The van der Waals surface area contributed by atoms with E-state index in [4.69, 9.17) is 4.42 Å². The Bertz CT molecular complexity index is 945. The molecule has 2 aromatic rings. The summed E-state index contributed by atoms with van der Waals surface area (Å²) in [5, 5.41) is 10.4. The lowest BCUT2D eigenvalue weighted by molar-refractivity contribution is -0.118. The molecular formula is C20H19F2NO4. The molecule has 27 heavy (non-hydrogen) atoms. The summed E-state index contributed by atoms with van der Waals surface area (Å²) in [6.07, 6.45) is 0.0857. The summed E-state index contributed by atoms with van der Waals surface area (Å²) in [6, 6.07) is 4.64. The van der Waals surface area contributed by atoms with Crippen LogP contribution >= 0.6 is 0 Å². The van der Waals surface area contributed by atoms with Crippen molar-refractivity contribution >= 4 is 17.4 Å². The van der Waals surface area contributed by atoms with Gasteiger partial charge in [0.15, 0.2) is 11.5 Å². The highest BCUT2D eigenvalue weighted by Crippen LogP contribution is 2.43. The molecule has 0 spiro atoms. The van der Waals surface area contributed by atoms with Crippen LogP contribution < -0.4 is 4.90 Å². The lowest BCUT2D eigenvalue weighted by atomic mass is 9.95. The number of halogens is 2. The first-order valence-electron chi connectivity index (χ1n) is 8.52. The number of benzene rings is 1. The summed E-state index contributed by atoms with van der Waals surface area (Å²) in [4.78, 5) is 26.3. The largest absolute Gasteiger partial charge is 0.503 e. The van der Waals surface area contributed by atoms with Crippen molar-refractivity contribution in [3.63, 3.8) is 0 Å². The summed E-state index contributed by atoms with van der Waals surface area (Å²) in [7, 11) is 0. The van der Waals surface area contributed by atoms with Crippen LogP contribution in [0.25, 0.3) is 0 Å². The van der Waals surface area contributed by atoms with Gasteiger partial charge in [-0.1, -0.05) is 13.8 Å². The highest BCUT2D eigenvalue weighted by atomic mass is 19.1. The van der Waals surface area contributed by atoms with Crippen LogP contribution in [0.2, 0.25) is 0 Å². The van der Waals surface area contributed by atoms with Gasteiger partial charge in [0.25, 0.3) is 5.91 Å². The number of carbonyl (C=O) groups excluding carboxylic acids is 2. The third kappa shape index (κ3) is 3.37. The van der Waals surface area contributed by atoms with Gasteiger partial charge in [0, 0.05) is 12.5 Å². The Morgan fingerprint density at radius 2 is 1.96 bits per heavy atom. The van der Waals surface area contributed by atoms with Crippen molar-refractivity contribution in [2.75, 3.05) is 4.90 Å². The minimum atomic E-state index is -1.17. The molecular weight excluding hydrogens is 356 g/mol. The van der Waals surface area contributed by atoms with E-state index in [0.717, 1.165) is 23.1 Å². The fourth-order valence-corrected chi connectivity index (χ4v) is 3.16. The van der Waals surface area contributed by atoms with Crippen molar-refractivity contribution in [3.05, 3.63) is 64.8 Å². The van der Waals surface area contributed by atoms with Gasteiger partial charge < -0.3 is 9.52 Å². The molecule has 1 amide bonds. The second-order valence-corrected chi connectivity index (χ2v) is 6.91. The van der Waals surface area contributed by atoms with Crippen LogP contribution in [0.15, 0.2) is 46.1 Å². The molecule has 1 aromatic carbocycles. The molecule has 2 heterocycles. The number of ketones is 1. The number of anilines is 1. The van der Waals surface area contributed by atoms with Gasteiger partial charge in [-0.3, -0.25) is 14.5 Å². The zero-order chi connectivity index (χ0) is 19.9. The number of aryl methyl sites for hydroxylation is 1. The first-order valence-corrected chi connectivity index (χ1v) is 8.52. The summed E-state index contributed by atoms with van der Waals surface area (Å²) < 4.78 is 33.7. The molecule has 1 atom stereocenters. The van der Waals surface area contributed by atoms with Gasteiger partial charge in [-0.05, 0) is 37.1 Å². The first-order chi connectivity index (χ1) is 12.7. The molecule has 0 fully saturated rings. The number of nitrogens with zero attached hydrogens (tertiary/aromatic N) is 1. The normalized spacial score (nSPS) is 17.3. The number of hydrogen-bond acceptors (Lipinski definition) is 4. The van der Waals surface area contributed by atoms with Crippen molar-refractivity contribution in [1.29, 1.82) is 0 Å². The monoisotopic (exact) mass is 375 g/mol. The smallest absolute Gasteiger partial charge is 0.294 e. The van der Waals surface area contributed by atoms with Crippen LogP contribution in [-0.2, 0) is 9.59 Å². The molecule has 0 saturated heterocycles. The van der Waals surface area contributed by atoms with Crippen LogP contribution in [0.5, 0.6) is 0 Å². The maximum atomic E-state index is 14.4. The van der Waals surface area contributed by atoms with E-state index in [1.807, 2.05) is 13.8 Å². The molecule has 0 bridgehead atoms. The van der Waals surface area contributed by atoms with Crippen LogP contribution in [0, 0.1) is 24.5 Å². The van der Waals surface area contributed by atoms with Crippen LogP contribution in [0.3, 0.4) is 0 Å². The van der Waals surface area contributed by atoms with E-state index in [-0.39, 0.29) is 29.4 Å². The molecule has 1 aliphatic rings. The van der Waals surface area contributed by atoms with Gasteiger partial charge in [-0.2, -0.15) is 0 Å². The quantitative estimate of drug-likeness (QED) is 0.842. The molecule has 0 radical (unpaired) electrons. The van der Waals surface area contributed by atoms with Crippen molar-refractivity contribution < 1.29 is 27.9 Å². The summed E-state index contributed by atoms with van der Waals surface area (Å²) in [6.45, 7) is 5.32. The molecule has 142 valence electrons. The predicted molar refractivity (Wildman–Crippen MR) is 94.1 cm³/mol. The summed E-state index contributed by atoms with van der Waals surface area (Å²) in [5.74, 6) is -3.15. The zero-order valence-corrected chi connectivity index (χ0v) is 15.1. The Kier molecular flexibility index (Phi) is 4.87. The topological polar surface area (TPSA) is 70.8 Å². The Hall–Kier alpha value is -2.96. The Labute approximate surface area is 154 Å². The average Bonchev–Trinajstić information content (AvgIpc) is 3.11. The number of amides is 1. The van der Waals surface area contributed by atoms with Gasteiger partial charge in [0.2, 0.25) is 0 Å². The molecule has 3 rings (SSSR count). The predicted octanol–water partition coefficient (Wildman–Crippen LogP) is 4.38. The van der Waals surface area contributed by atoms with Crippen molar-refractivity contribution in [2.45, 2.75) is 33.2 Å². The number of Topliss-reactive ketones (excluding diaryl/α,β-unsaturated/α-hetero) is 1. The number of furan rings is 1. The number of rotatable bonds is 5. The molecule has 1 aromatic heterocycles.